The maximum atomic E-state index is 3.67. The minimum atomic E-state index is 0.334. The van der Waals surface area contributed by atoms with E-state index < -0.39 is 0 Å². The monoisotopic (exact) mass is 198 g/mol. The lowest BCUT2D eigenvalue weighted by Crippen LogP contribution is -2.52. The first-order valence-corrected chi connectivity index (χ1v) is 6.12. The lowest BCUT2D eigenvalue weighted by Gasteiger charge is -2.37. The minimum Gasteiger partial charge on any atom is -0.314 e. The number of hydrogen-bond donors (Lipinski definition) is 2. The van der Waals surface area contributed by atoms with Crippen LogP contribution in [0, 0.1) is 0 Å². The number of nitrogens with one attached hydrogen (secondary N) is 2. The second-order valence-electron chi connectivity index (χ2n) is 5.16. The molecule has 1 aliphatic heterocycles. The van der Waals surface area contributed by atoms with Crippen LogP contribution in [-0.4, -0.2) is 24.7 Å². The molecule has 84 valence electrons. The molecule has 0 saturated carbocycles. The van der Waals surface area contributed by atoms with E-state index in [1.54, 1.807) is 0 Å². The van der Waals surface area contributed by atoms with Gasteiger partial charge in [0.05, 0.1) is 0 Å². The molecule has 0 aromatic rings. The molecule has 14 heavy (non-hydrogen) atoms. The van der Waals surface area contributed by atoms with Gasteiger partial charge >= 0.3 is 0 Å². The molecule has 2 heteroatoms. The van der Waals surface area contributed by atoms with E-state index >= 15 is 0 Å². The van der Waals surface area contributed by atoms with Crippen LogP contribution in [0.15, 0.2) is 0 Å². The van der Waals surface area contributed by atoms with Gasteiger partial charge in [0.1, 0.15) is 0 Å². The van der Waals surface area contributed by atoms with Crippen molar-refractivity contribution in [3.8, 4) is 0 Å². The summed E-state index contributed by atoms with van der Waals surface area (Å²) in [5.41, 5.74) is 0.334. The topological polar surface area (TPSA) is 24.1 Å². The highest BCUT2D eigenvalue weighted by Crippen LogP contribution is 2.18. The first kappa shape index (κ1) is 12.0. The Labute approximate surface area is 88.8 Å². The summed E-state index contributed by atoms with van der Waals surface area (Å²) in [7, 11) is 0. The summed E-state index contributed by atoms with van der Waals surface area (Å²) in [4.78, 5) is 0. The van der Waals surface area contributed by atoms with Gasteiger partial charge in [0, 0.05) is 11.6 Å². The smallest absolute Gasteiger partial charge is 0.0139 e. The summed E-state index contributed by atoms with van der Waals surface area (Å²) < 4.78 is 0. The predicted molar refractivity (Wildman–Crippen MR) is 62.6 cm³/mol. The zero-order chi connectivity index (χ0) is 10.4. The Kier molecular flexibility index (Phi) is 4.90. The number of rotatable bonds is 5. The molecule has 2 nitrogen and oxygen atoms in total. The van der Waals surface area contributed by atoms with Gasteiger partial charge in [-0.15, -0.1) is 0 Å². The van der Waals surface area contributed by atoms with Crippen molar-refractivity contribution in [2.75, 3.05) is 13.1 Å². The number of hydrogen-bond acceptors (Lipinski definition) is 2. The van der Waals surface area contributed by atoms with Crippen LogP contribution in [-0.2, 0) is 0 Å². The van der Waals surface area contributed by atoms with E-state index in [1.807, 2.05) is 0 Å². The van der Waals surface area contributed by atoms with E-state index in [0.29, 0.717) is 5.54 Å². The maximum Gasteiger partial charge on any atom is 0.0139 e. The third-order valence-electron chi connectivity index (χ3n) is 3.07. The van der Waals surface area contributed by atoms with Gasteiger partial charge in [-0.1, -0.05) is 19.8 Å². The molecule has 0 spiro atoms. The van der Waals surface area contributed by atoms with Gasteiger partial charge in [-0.25, -0.2) is 0 Å². The quantitative estimate of drug-likeness (QED) is 0.662. The molecule has 1 atom stereocenters. The average molecular weight is 198 g/mol. The molecule has 0 aromatic carbocycles. The van der Waals surface area contributed by atoms with Crippen molar-refractivity contribution >= 4 is 0 Å². The third-order valence-corrected chi connectivity index (χ3v) is 3.07. The Bertz CT molecular complexity index is 154. The molecule has 1 heterocycles. The normalized spacial score (nSPS) is 26.4. The molecule has 1 fully saturated rings. The van der Waals surface area contributed by atoms with Crippen molar-refractivity contribution in [2.24, 2.45) is 0 Å². The highest BCUT2D eigenvalue weighted by atomic mass is 15.0. The van der Waals surface area contributed by atoms with E-state index in [9.17, 15) is 0 Å². The van der Waals surface area contributed by atoms with Crippen LogP contribution in [0.25, 0.3) is 0 Å². The zero-order valence-corrected chi connectivity index (χ0v) is 10.0. The van der Waals surface area contributed by atoms with E-state index in [-0.39, 0.29) is 0 Å². The lowest BCUT2D eigenvalue weighted by molar-refractivity contribution is 0.248. The zero-order valence-electron chi connectivity index (χ0n) is 10.0. The maximum absolute atomic E-state index is 3.67. The van der Waals surface area contributed by atoms with Crippen LogP contribution in [0.1, 0.15) is 52.9 Å². The predicted octanol–water partition coefficient (Wildman–Crippen LogP) is 2.30. The SMILES string of the molecule is CCCCCNC1CCNC(C)(C)C1. The van der Waals surface area contributed by atoms with Crippen molar-refractivity contribution in [2.45, 2.75) is 64.5 Å². The van der Waals surface area contributed by atoms with Gasteiger partial charge in [0.15, 0.2) is 0 Å². The van der Waals surface area contributed by atoms with Gasteiger partial charge in [0.25, 0.3) is 0 Å². The van der Waals surface area contributed by atoms with E-state index in [4.69, 9.17) is 0 Å². The fourth-order valence-electron chi connectivity index (χ4n) is 2.23. The minimum absolute atomic E-state index is 0.334. The molecule has 0 bridgehead atoms. The summed E-state index contributed by atoms with van der Waals surface area (Å²) in [6, 6.07) is 0.739. The Morgan fingerprint density at radius 1 is 1.36 bits per heavy atom. The van der Waals surface area contributed by atoms with Crippen LogP contribution in [0.3, 0.4) is 0 Å². The van der Waals surface area contributed by atoms with Crippen molar-refractivity contribution in [1.82, 2.24) is 10.6 Å². The molecule has 1 unspecified atom stereocenters. The second-order valence-corrected chi connectivity index (χ2v) is 5.16. The fraction of sp³-hybridized carbons (Fsp3) is 1.00. The molecule has 0 radical (unpaired) electrons. The van der Waals surface area contributed by atoms with Crippen molar-refractivity contribution < 1.29 is 0 Å². The van der Waals surface area contributed by atoms with Crippen LogP contribution < -0.4 is 10.6 Å². The molecule has 1 aliphatic rings. The van der Waals surface area contributed by atoms with Gasteiger partial charge < -0.3 is 10.6 Å². The third kappa shape index (κ3) is 4.43. The Hall–Kier alpha value is -0.0800. The van der Waals surface area contributed by atoms with E-state index in [0.717, 1.165) is 6.04 Å². The van der Waals surface area contributed by atoms with Gasteiger partial charge in [-0.2, -0.15) is 0 Å². The largest absolute Gasteiger partial charge is 0.314 e. The van der Waals surface area contributed by atoms with Gasteiger partial charge in [0.2, 0.25) is 0 Å². The van der Waals surface area contributed by atoms with E-state index in [2.05, 4.69) is 31.4 Å². The Balaban J connectivity index is 2.12. The summed E-state index contributed by atoms with van der Waals surface area (Å²) >= 11 is 0. The molecule has 0 aromatic heterocycles. The molecular formula is C12H26N2. The molecule has 0 amide bonds. The summed E-state index contributed by atoms with van der Waals surface area (Å²) in [5, 5.41) is 7.22. The van der Waals surface area contributed by atoms with Gasteiger partial charge in [-0.3, -0.25) is 0 Å². The highest BCUT2D eigenvalue weighted by molar-refractivity contribution is 4.89. The highest BCUT2D eigenvalue weighted by Gasteiger charge is 2.26. The Morgan fingerprint density at radius 3 is 2.79 bits per heavy atom. The fourth-order valence-corrected chi connectivity index (χ4v) is 2.23. The Morgan fingerprint density at radius 2 is 2.14 bits per heavy atom. The molecule has 2 N–H and O–H groups in total. The van der Waals surface area contributed by atoms with E-state index in [1.165, 1.54) is 45.2 Å². The standard InChI is InChI=1S/C12H26N2/c1-4-5-6-8-13-11-7-9-14-12(2,3)10-11/h11,13-14H,4-10H2,1-3H3. The van der Waals surface area contributed by atoms with Crippen LogP contribution in [0.5, 0.6) is 0 Å². The molecule has 0 aliphatic carbocycles. The summed E-state index contributed by atoms with van der Waals surface area (Å²) in [5.74, 6) is 0. The van der Waals surface area contributed by atoms with Gasteiger partial charge in [-0.05, 0) is 46.2 Å². The van der Waals surface area contributed by atoms with Crippen molar-refractivity contribution in [3.05, 3.63) is 0 Å². The van der Waals surface area contributed by atoms with Crippen LogP contribution in [0.4, 0.5) is 0 Å². The summed E-state index contributed by atoms with van der Waals surface area (Å²) in [6.07, 6.45) is 6.57. The lowest BCUT2D eigenvalue weighted by atomic mass is 9.89. The molecule has 1 saturated heterocycles. The molecular weight excluding hydrogens is 172 g/mol. The number of piperidine rings is 1. The summed E-state index contributed by atoms with van der Waals surface area (Å²) in [6.45, 7) is 9.22. The average Bonchev–Trinajstić information content (AvgIpc) is 2.11. The number of unbranched alkanes of at least 4 members (excludes halogenated alkanes) is 2. The first-order chi connectivity index (χ1) is 6.64. The molecule has 1 rings (SSSR count). The first-order valence-electron chi connectivity index (χ1n) is 6.12. The van der Waals surface area contributed by atoms with Crippen molar-refractivity contribution in [3.63, 3.8) is 0 Å². The van der Waals surface area contributed by atoms with Crippen LogP contribution in [0.2, 0.25) is 0 Å². The van der Waals surface area contributed by atoms with Crippen LogP contribution >= 0.6 is 0 Å². The van der Waals surface area contributed by atoms with Crippen molar-refractivity contribution in [1.29, 1.82) is 0 Å². The second kappa shape index (κ2) is 5.72.